The molecule has 3 atom stereocenters. The summed E-state index contributed by atoms with van der Waals surface area (Å²) in [6.07, 6.45) is 7.73. The molecule has 3 unspecified atom stereocenters. The van der Waals surface area contributed by atoms with Crippen molar-refractivity contribution in [3.8, 4) is 11.5 Å². The van der Waals surface area contributed by atoms with Crippen molar-refractivity contribution < 1.29 is 14.9 Å². The van der Waals surface area contributed by atoms with Crippen molar-refractivity contribution in [3.05, 3.63) is 28.8 Å². The number of phenolic OH excluding ortho intramolecular Hbond substituents is 1. The third kappa shape index (κ3) is 2.13. The molecule has 124 valence electrons. The maximum atomic E-state index is 11.4. The molecule has 1 aromatic rings. The lowest BCUT2D eigenvalue weighted by atomic mass is 9.60. The summed E-state index contributed by atoms with van der Waals surface area (Å²) < 4.78 is 5.70. The van der Waals surface area contributed by atoms with E-state index < -0.39 is 5.60 Å². The van der Waals surface area contributed by atoms with Gasteiger partial charge in [-0.2, -0.15) is 0 Å². The molecular weight excluding hydrogens is 288 g/mol. The van der Waals surface area contributed by atoms with Gasteiger partial charge < -0.3 is 14.9 Å². The van der Waals surface area contributed by atoms with Crippen LogP contribution in [0.3, 0.4) is 0 Å². The van der Waals surface area contributed by atoms with Gasteiger partial charge in [-0.05, 0) is 29.9 Å². The number of ether oxygens (including phenoxy) is 1. The SMILES string of the molecule is CC1COc2c1cc1c(c2O)CC2(O)CCCC(C)(C)C2C=C1. The lowest BCUT2D eigenvalue weighted by Crippen LogP contribution is -2.49. The maximum Gasteiger partial charge on any atom is 0.164 e. The first-order chi connectivity index (χ1) is 10.8. The standard InChI is InChI=1S/C20H26O3/c1-12-11-23-18-14(12)9-13-5-6-16-19(2,3)7-4-8-20(16,22)10-15(13)17(18)21/h5-6,9,12,16,21-22H,4,7-8,10-11H2,1-3H3. The molecule has 1 aliphatic heterocycles. The van der Waals surface area contributed by atoms with Crippen LogP contribution in [0.5, 0.6) is 11.5 Å². The Morgan fingerprint density at radius 2 is 2.04 bits per heavy atom. The van der Waals surface area contributed by atoms with Crippen molar-refractivity contribution in [1.82, 2.24) is 0 Å². The third-order valence-corrected chi connectivity index (χ3v) is 6.23. The molecule has 3 aliphatic rings. The summed E-state index contributed by atoms with van der Waals surface area (Å²) in [6.45, 7) is 7.23. The van der Waals surface area contributed by atoms with E-state index in [2.05, 4.69) is 39.0 Å². The zero-order valence-corrected chi connectivity index (χ0v) is 14.2. The molecule has 0 saturated heterocycles. The lowest BCUT2D eigenvalue weighted by molar-refractivity contribution is -0.0792. The summed E-state index contributed by atoms with van der Waals surface area (Å²) in [7, 11) is 0. The van der Waals surface area contributed by atoms with E-state index in [-0.39, 0.29) is 17.1 Å². The van der Waals surface area contributed by atoms with Gasteiger partial charge in [0.1, 0.15) is 0 Å². The van der Waals surface area contributed by atoms with E-state index in [1.165, 1.54) is 0 Å². The monoisotopic (exact) mass is 314 g/mol. The van der Waals surface area contributed by atoms with Gasteiger partial charge in [0.2, 0.25) is 0 Å². The Kier molecular flexibility index (Phi) is 3.12. The second-order valence-corrected chi connectivity index (χ2v) is 8.38. The average Bonchev–Trinajstić information content (AvgIpc) is 2.74. The minimum Gasteiger partial charge on any atom is -0.504 e. The quantitative estimate of drug-likeness (QED) is 0.760. The van der Waals surface area contributed by atoms with Crippen LogP contribution in [-0.2, 0) is 6.42 Å². The molecule has 1 heterocycles. The van der Waals surface area contributed by atoms with Gasteiger partial charge in [0.15, 0.2) is 11.5 Å². The minimum atomic E-state index is -0.778. The number of hydrogen-bond acceptors (Lipinski definition) is 3. The summed E-state index contributed by atoms with van der Waals surface area (Å²) in [5.41, 5.74) is 2.27. The second kappa shape index (κ2) is 4.76. The van der Waals surface area contributed by atoms with Gasteiger partial charge in [-0.15, -0.1) is 0 Å². The molecule has 0 radical (unpaired) electrons. The molecule has 0 bridgehead atoms. The smallest absolute Gasteiger partial charge is 0.164 e. The highest BCUT2D eigenvalue weighted by molar-refractivity contribution is 5.67. The Labute approximate surface area is 138 Å². The normalized spacial score (nSPS) is 34.1. The molecule has 0 spiro atoms. The van der Waals surface area contributed by atoms with E-state index in [9.17, 15) is 10.2 Å². The van der Waals surface area contributed by atoms with Gasteiger partial charge in [-0.25, -0.2) is 0 Å². The van der Waals surface area contributed by atoms with Crippen LogP contribution in [0.4, 0.5) is 0 Å². The van der Waals surface area contributed by atoms with Crippen molar-refractivity contribution in [2.45, 2.75) is 58.0 Å². The highest BCUT2D eigenvalue weighted by Crippen LogP contribution is 2.53. The number of phenols is 1. The minimum absolute atomic E-state index is 0.0771. The molecule has 1 fully saturated rings. The van der Waals surface area contributed by atoms with E-state index in [1.54, 1.807) is 0 Å². The first-order valence-electron chi connectivity index (χ1n) is 8.74. The molecule has 4 rings (SSSR count). The van der Waals surface area contributed by atoms with Gasteiger partial charge in [0, 0.05) is 29.4 Å². The highest BCUT2D eigenvalue weighted by atomic mass is 16.5. The number of fused-ring (bicyclic) bond motifs is 3. The van der Waals surface area contributed by atoms with Crippen molar-refractivity contribution in [2.75, 3.05) is 6.61 Å². The van der Waals surface area contributed by atoms with Crippen LogP contribution in [0.25, 0.3) is 6.08 Å². The van der Waals surface area contributed by atoms with E-state index in [0.717, 1.165) is 36.0 Å². The van der Waals surface area contributed by atoms with Crippen LogP contribution < -0.4 is 4.74 Å². The van der Waals surface area contributed by atoms with Crippen molar-refractivity contribution >= 4 is 6.08 Å². The van der Waals surface area contributed by atoms with Crippen molar-refractivity contribution in [3.63, 3.8) is 0 Å². The third-order valence-electron chi connectivity index (χ3n) is 6.23. The Morgan fingerprint density at radius 1 is 1.26 bits per heavy atom. The largest absolute Gasteiger partial charge is 0.504 e. The fourth-order valence-electron chi connectivity index (χ4n) is 4.91. The highest BCUT2D eigenvalue weighted by Gasteiger charge is 2.48. The maximum absolute atomic E-state index is 11.4. The fourth-order valence-corrected chi connectivity index (χ4v) is 4.91. The molecule has 0 amide bonds. The van der Waals surface area contributed by atoms with Crippen molar-refractivity contribution in [2.24, 2.45) is 11.3 Å². The summed E-state index contributed by atoms with van der Waals surface area (Å²) in [5.74, 6) is 1.29. The van der Waals surface area contributed by atoms with E-state index in [4.69, 9.17) is 4.74 Å². The number of benzene rings is 1. The molecule has 3 nitrogen and oxygen atoms in total. The van der Waals surface area contributed by atoms with Crippen molar-refractivity contribution in [1.29, 1.82) is 0 Å². The first-order valence-corrected chi connectivity index (χ1v) is 8.74. The molecule has 1 saturated carbocycles. The van der Waals surface area contributed by atoms with Crippen LogP contribution in [0.2, 0.25) is 0 Å². The van der Waals surface area contributed by atoms with Gasteiger partial charge in [-0.3, -0.25) is 0 Å². The molecular formula is C20H26O3. The van der Waals surface area contributed by atoms with E-state index >= 15 is 0 Å². The first kappa shape index (κ1) is 15.1. The van der Waals surface area contributed by atoms with Gasteiger partial charge in [0.25, 0.3) is 0 Å². The molecule has 2 aliphatic carbocycles. The molecule has 3 heteroatoms. The van der Waals surface area contributed by atoms with Crippen LogP contribution in [-0.4, -0.2) is 22.4 Å². The Bertz CT molecular complexity index is 689. The topological polar surface area (TPSA) is 49.7 Å². The summed E-state index contributed by atoms with van der Waals surface area (Å²) >= 11 is 0. The zero-order valence-electron chi connectivity index (χ0n) is 14.2. The number of aliphatic hydroxyl groups is 1. The Balaban J connectivity index is 1.86. The molecule has 23 heavy (non-hydrogen) atoms. The fraction of sp³-hybridized carbons (Fsp3) is 0.600. The predicted molar refractivity (Wildman–Crippen MR) is 90.8 cm³/mol. The van der Waals surface area contributed by atoms with Gasteiger partial charge in [0.05, 0.1) is 12.2 Å². The second-order valence-electron chi connectivity index (χ2n) is 8.38. The molecule has 0 aromatic heterocycles. The summed E-state index contributed by atoms with van der Waals surface area (Å²) in [6, 6.07) is 2.15. The Hall–Kier alpha value is -1.48. The van der Waals surface area contributed by atoms with E-state index in [1.807, 2.05) is 0 Å². The average molecular weight is 314 g/mol. The summed E-state index contributed by atoms with van der Waals surface area (Å²) in [5, 5.41) is 22.1. The number of aromatic hydroxyl groups is 1. The lowest BCUT2D eigenvalue weighted by Gasteiger charge is -2.48. The van der Waals surface area contributed by atoms with Crippen LogP contribution in [0.15, 0.2) is 12.1 Å². The molecule has 2 N–H and O–H groups in total. The van der Waals surface area contributed by atoms with Crippen LogP contribution in [0, 0.1) is 11.3 Å². The van der Waals surface area contributed by atoms with Crippen LogP contribution in [0.1, 0.15) is 62.6 Å². The van der Waals surface area contributed by atoms with Crippen LogP contribution >= 0.6 is 0 Å². The van der Waals surface area contributed by atoms with Gasteiger partial charge in [-0.1, -0.05) is 39.3 Å². The number of rotatable bonds is 0. The zero-order chi connectivity index (χ0) is 16.4. The van der Waals surface area contributed by atoms with Gasteiger partial charge >= 0.3 is 0 Å². The molecule has 1 aromatic carbocycles. The van der Waals surface area contributed by atoms with E-state index in [0.29, 0.717) is 24.7 Å². The number of hydrogen-bond donors (Lipinski definition) is 2. The predicted octanol–water partition coefficient (Wildman–Crippen LogP) is 4.01. The Morgan fingerprint density at radius 3 is 2.83 bits per heavy atom. The summed E-state index contributed by atoms with van der Waals surface area (Å²) in [4.78, 5) is 0.